The van der Waals surface area contributed by atoms with Gasteiger partial charge >= 0.3 is 0 Å². The van der Waals surface area contributed by atoms with Gasteiger partial charge in [-0.05, 0) is 98.8 Å². The van der Waals surface area contributed by atoms with Crippen molar-refractivity contribution in [1.29, 1.82) is 0 Å². The fourth-order valence-electron chi connectivity index (χ4n) is 5.75. The highest BCUT2D eigenvalue weighted by atomic mass is 16.5. The summed E-state index contributed by atoms with van der Waals surface area (Å²) >= 11 is 0. The molecule has 3 heteroatoms. The third kappa shape index (κ3) is 3.46. The second kappa shape index (κ2) is 7.67. The minimum atomic E-state index is -0.0883. The van der Waals surface area contributed by atoms with E-state index in [1.165, 1.54) is 30.4 Å². The van der Waals surface area contributed by atoms with Crippen LogP contribution in [0.25, 0.3) is 0 Å². The maximum Gasteiger partial charge on any atom is 0.115 e. The molecule has 0 bridgehead atoms. The summed E-state index contributed by atoms with van der Waals surface area (Å²) in [4.78, 5) is 0. The number of phenolic OH excluding ortho intramolecular Hbond substituents is 1. The average molecular weight is 347 g/mol. The van der Waals surface area contributed by atoms with Gasteiger partial charge in [0.05, 0.1) is 6.10 Å². The fraction of sp³-hybridized carbons (Fsp3) is 0.727. The Morgan fingerprint density at radius 3 is 2.56 bits per heavy atom. The van der Waals surface area contributed by atoms with Crippen LogP contribution < -0.4 is 0 Å². The quantitative estimate of drug-likeness (QED) is 0.819. The van der Waals surface area contributed by atoms with Crippen LogP contribution in [0.2, 0.25) is 0 Å². The van der Waals surface area contributed by atoms with Gasteiger partial charge in [-0.1, -0.05) is 13.0 Å². The molecule has 0 saturated heterocycles. The Labute approximate surface area is 152 Å². The van der Waals surface area contributed by atoms with Gasteiger partial charge in [-0.2, -0.15) is 0 Å². The molecule has 1 aromatic carbocycles. The van der Waals surface area contributed by atoms with E-state index in [4.69, 9.17) is 4.74 Å². The van der Waals surface area contributed by atoms with Gasteiger partial charge in [0.25, 0.3) is 0 Å². The molecule has 2 N–H and O–H groups in total. The monoisotopic (exact) mass is 346 g/mol. The number of phenols is 1. The lowest BCUT2D eigenvalue weighted by Gasteiger charge is -2.50. The minimum Gasteiger partial charge on any atom is -0.508 e. The van der Waals surface area contributed by atoms with E-state index in [0.717, 1.165) is 38.4 Å². The standard InChI is InChI=1S/C18H24O2.C4H10O/c1-18-9-8-14-13-5-3-12(19)10-11(13)2-4-15(14)16(18)6-7-17(18)20;1-3-5-4-2/h3,5,10,14-17,19-20H,2,4,6-9H2,1H3;3-4H2,1-2H3/t14-,15-,16+,17+,18+;/m1./s1. The van der Waals surface area contributed by atoms with Gasteiger partial charge < -0.3 is 14.9 Å². The number of aliphatic hydroxyl groups is 1. The summed E-state index contributed by atoms with van der Waals surface area (Å²) in [5, 5.41) is 20.0. The number of hydrogen-bond donors (Lipinski definition) is 2. The summed E-state index contributed by atoms with van der Waals surface area (Å²) in [6.45, 7) is 7.98. The highest BCUT2D eigenvalue weighted by molar-refractivity contribution is 5.40. The van der Waals surface area contributed by atoms with E-state index in [-0.39, 0.29) is 11.5 Å². The van der Waals surface area contributed by atoms with Crippen LogP contribution in [0.5, 0.6) is 5.75 Å². The Hall–Kier alpha value is -1.06. The molecule has 0 radical (unpaired) electrons. The van der Waals surface area contributed by atoms with Crippen molar-refractivity contribution in [2.75, 3.05) is 13.2 Å². The van der Waals surface area contributed by atoms with Crippen molar-refractivity contribution in [1.82, 2.24) is 0 Å². The van der Waals surface area contributed by atoms with Crippen LogP contribution in [0.1, 0.15) is 69.9 Å². The first-order chi connectivity index (χ1) is 12.0. The first kappa shape index (κ1) is 18.7. The Morgan fingerprint density at radius 1 is 1.12 bits per heavy atom. The Bertz CT molecular complexity index is 583. The van der Waals surface area contributed by atoms with Crippen LogP contribution >= 0.6 is 0 Å². The summed E-state index contributed by atoms with van der Waals surface area (Å²) in [6, 6.07) is 5.96. The lowest BCUT2D eigenvalue weighted by atomic mass is 9.55. The molecule has 0 amide bonds. The average Bonchev–Trinajstić information content (AvgIpc) is 2.91. The molecule has 0 heterocycles. The number of aliphatic hydroxyl groups excluding tert-OH is 1. The molecule has 3 nitrogen and oxygen atoms in total. The Morgan fingerprint density at radius 2 is 1.88 bits per heavy atom. The maximum atomic E-state index is 10.4. The van der Waals surface area contributed by atoms with Crippen molar-refractivity contribution in [3.8, 4) is 5.75 Å². The number of rotatable bonds is 2. The predicted octanol–water partition coefficient (Wildman–Crippen LogP) is 4.65. The zero-order chi connectivity index (χ0) is 18.0. The number of hydrogen-bond acceptors (Lipinski definition) is 3. The van der Waals surface area contributed by atoms with Crippen LogP contribution in [-0.2, 0) is 11.2 Å². The molecule has 0 unspecified atom stereocenters. The topological polar surface area (TPSA) is 49.7 Å². The molecule has 0 aliphatic heterocycles. The van der Waals surface area contributed by atoms with E-state index in [9.17, 15) is 10.2 Å². The molecular formula is C22H34O3. The summed E-state index contributed by atoms with van der Waals surface area (Å²) in [6.07, 6.45) is 6.78. The lowest BCUT2D eigenvalue weighted by molar-refractivity contribution is -0.0226. The molecular weight excluding hydrogens is 312 g/mol. The van der Waals surface area contributed by atoms with Gasteiger partial charge in [0.2, 0.25) is 0 Å². The lowest BCUT2D eigenvalue weighted by Crippen LogP contribution is -2.43. The van der Waals surface area contributed by atoms with Gasteiger partial charge in [0.15, 0.2) is 0 Å². The van der Waals surface area contributed by atoms with Gasteiger partial charge in [0, 0.05) is 13.2 Å². The molecule has 2 fully saturated rings. The molecule has 4 rings (SSSR count). The normalized spacial score (nSPS) is 35.8. The highest BCUT2D eigenvalue weighted by Crippen LogP contribution is 2.60. The van der Waals surface area contributed by atoms with E-state index in [2.05, 4.69) is 13.0 Å². The molecule has 25 heavy (non-hydrogen) atoms. The minimum absolute atomic E-state index is 0.0883. The molecule has 0 spiro atoms. The van der Waals surface area contributed by atoms with Crippen LogP contribution in [0, 0.1) is 17.3 Å². The van der Waals surface area contributed by atoms with Crippen LogP contribution in [0.15, 0.2) is 18.2 Å². The Balaban J connectivity index is 0.000000324. The van der Waals surface area contributed by atoms with Crippen LogP contribution in [0.3, 0.4) is 0 Å². The fourth-order valence-corrected chi connectivity index (χ4v) is 5.75. The summed E-state index contributed by atoms with van der Waals surface area (Å²) in [7, 11) is 0. The van der Waals surface area contributed by atoms with E-state index in [0.29, 0.717) is 17.6 Å². The molecule has 2 saturated carbocycles. The van der Waals surface area contributed by atoms with E-state index >= 15 is 0 Å². The predicted molar refractivity (Wildman–Crippen MR) is 101 cm³/mol. The Kier molecular flexibility index (Phi) is 5.75. The van der Waals surface area contributed by atoms with Crippen molar-refractivity contribution in [2.45, 2.75) is 71.3 Å². The van der Waals surface area contributed by atoms with E-state index in [1.54, 1.807) is 0 Å². The SMILES string of the molecule is CCOCC.C[C@]12CC[C@@H]3c4ccc(O)cc4CC[C@H]3[C@@H]1CC[C@@H]2O. The van der Waals surface area contributed by atoms with Crippen LogP contribution in [0.4, 0.5) is 0 Å². The van der Waals surface area contributed by atoms with Gasteiger partial charge in [-0.25, -0.2) is 0 Å². The number of ether oxygens (including phenoxy) is 1. The zero-order valence-electron chi connectivity index (χ0n) is 16.0. The zero-order valence-corrected chi connectivity index (χ0v) is 16.0. The molecule has 0 aromatic heterocycles. The summed E-state index contributed by atoms with van der Waals surface area (Å²) < 4.78 is 4.83. The van der Waals surface area contributed by atoms with Crippen molar-refractivity contribution in [3.05, 3.63) is 29.3 Å². The highest BCUT2D eigenvalue weighted by Gasteiger charge is 2.54. The van der Waals surface area contributed by atoms with Gasteiger partial charge in [-0.3, -0.25) is 0 Å². The summed E-state index contributed by atoms with van der Waals surface area (Å²) in [5.74, 6) is 2.49. The second-order valence-corrected chi connectivity index (χ2v) is 8.22. The van der Waals surface area contributed by atoms with E-state index in [1.807, 2.05) is 26.0 Å². The molecule has 3 aliphatic rings. The van der Waals surface area contributed by atoms with Crippen molar-refractivity contribution < 1.29 is 14.9 Å². The molecule has 5 atom stereocenters. The van der Waals surface area contributed by atoms with Crippen molar-refractivity contribution in [3.63, 3.8) is 0 Å². The largest absolute Gasteiger partial charge is 0.508 e. The van der Waals surface area contributed by atoms with Gasteiger partial charge in [-0.15, -0.1) is 0 Å². The van der Waals surface area contributed by atoms with E-state index < -0.39 is 0 Å². The maximum absolute atomic E-state index is 10.4. The van der Waals surface area contributed by atoms with Crippen LogP contribution in [-0.4, -0.2) is 29.5 Å². The number of aromatic hydroxyl groups is 1. The molecule has 3 aliphatic carbocycles. The first-order valence-electron chi connectivity index (χ1n) is 10.1. The smallest absolute Gasteiger partial charge is 0.115 e. The third-order valence-electron chi connectivity index (χ3n) is 7.07. The molecule has 140 valence electrons. The number of benzene rings is 1. The van der Waals surface area contributed by atoms with Gasteiger partial charge in [0.1, 0.15) is 5.75 Å². The number of fused-ring (bicyclic) bond motifs is 5. The third-order valence-corrected chi connectivity index (χ3v) is 7.07. The summed E-state index contributed by atoms with van der Waals surface area (Å²) in [5.41, 5.74) is 2.99. The van der Waals surface area contributed by atoms with Crippen molar-refractivity contribution in [2.24, 2.45) is 17.3 Å². The van der Waals surface area contributed by atoms with Crippen molar-refractivity contribution >= 4 is 0 Å². The second-order valence-electron chi connectivity index (χ2n) is 8.22. The first-order valence-corrected chi connectivity index (χ1v) is 10.1. The molecule has 1 aromatic rings. The number of aryl methyl sites for hydroxylation is 1.